The molecule has 0 saturated carbocycles. The number of carbonyl (C=O) groups excluding carboxylic acids is 1. The molecule has 1 rings (SSSR count). The van der Waals surface area contributed by atoms with Gasteiger partial charge in [-0.25, -0.2) is 13.1 Å². The molecule has 0 aliphatic heterocycles. The molecule has 1 aromatic rings. The first-order valence-corrected chi connectivity index (χ1v) is 7.39. The number of nitrogens with zero attached hydrogens (tertiary/aromatic N) is 1. The number of aryl methyl sites for hydroxylation is 1. The molecule has 1 aromatic heterocycles. The summed E-state index contributed by atoms with van der Waals surface area (Å²) in [6.45, 7) is 1.17. The third kappa shape index (κ3) is 4.34. The summed E-state index contributed by atoms with van der Waals surface area (Å²) in [6.07, 6.45) is 1.96. The van der Waals surface area contributed by atoms with E-state index in [4.69, 9.17) is 0 Å². The first-order valence-electron chi connectivity index (χ1n) is 5.90. The minimum absolute atomic E-state index is 0.0635. The normalized spacial score (nSPS) is 12.0. The van der Waals surface area contributed by atoms with Crippen LogP contribution in [-0.4, -0.2) is 46.1 Å². The van der Waals surface area contributed by atoms with Crippen LogP contribution in [0.4, 0.5) is 0 Å². The molecule has 0 aromatic carbocycles. The van der Waals surface area contributed by atoms with E-state index in [1.807, 2.05) is 14.1 Å². The van der Waals surface area contributed by atoms with Crippen molar-refractivity contribution in [2.45, 2.75) is 11.3 Å². The average molecular weight is 289 g/mol. The Morgan fingerprint density at radius 2 is 2.11 bits per heavy atom. The Morgan fingerprint density at radius 3 is 2.58 bits per heavy atom. The monoisotopic (exact) mass is 289 g/mol. The lowest BCUT2D eigenvalue weighted by molar-refractivity contribution is -0.858. The van der Waals surface area contributed by atoms with Gasteiger partial charge in [0.25, 0.3) is 0 Å². The van der Waals surface area contributed by atoms with Gasteiger partial charge >= 0.3 is 0 Å². The van der Waals surface area contributed by atoms with Gasteiger partial charge in [0.2, 0.25) is 10.0 Å². The summed E-state index contributed by atoms with van der Waals surface area (Å²) in [5.74, 6) is -1.40. The van der Waals surface area contributed by atoms with Crippen molar-refractivity contribution in [3.05, 3.63) is 18.0 Å². The second-order valence-corrected chi connectivity index (χ2v) is 6.43. The molecule has 1 heterocycles. The minimum atomic E-state index is -3.66. The molecular formula is C11H19N3O4S. The number of hydrogen-bond acceptors (Lipinski definition) is 4. The zero-order valence-corrected chi connectivity index (χ0v) is 12.1. The van der Waals surface area contributed by atoms with Gasteiger partial charge in [-0.05, 0) is 6.07 Å². The van der Waals surface area contributed by atoms with E-state index in [2.05, 4.69) is 4.72 Å². The van der Waals surface area contributed by atoms with Gasteiger partial charge in [-0.3, -0.25) is 0 Å². The molecule has 0 saturated heterocycles. The third-order valence-corrected chi connectivity index (χ3v) is 4.07. The second kappa shape index (κ2) is 6.18. The molecule has 0 aliphatic rings. The molecule has 0 fully saturated rings. The van der Waals surface area contributed by atoms with Crippen LogP contribution in [0, 0.1) is 0 Å². The van der Waals surface area contributed by atoms with Gasteiger partial charge in [0.15, 0.2) is 0 Å². The quantitative estimate of drug-likeness (QED) is 0.530. The van der Waals surface area contributed by atoms with E-state index in [1.165, 1.54) is 22.7 Å². The Morgan fingerprint density at radius 1 is 1.47 bits per heavy atom. The predicted octanol–water partition coefficient (Wildman–Crippen LogP) is -2.80. The number of hydrogen-bond donors (Lipinski definition) is 2. The fraction of sp³-hybridized carbons (Fsp3) is 0.545. The maximum atomic E-state index is 11.9. The lowest BCUT2D eigenvalue weighted by Gasteiger charge is -2.07. The molecule has 0 spiro atoms. The highest BCUT2D eigenvalue weighted by atomic mass is 32.2. The molecule has 7 nitrogen and oxygen atoms in total. The summed E-state index contributed by atoms with van der Waals surface area (Å²) in [4.78, 5) is 11.9. The van der Waals surface area contributed by atoms with Crippen molar-refractivity contribution in [3.8, 4) is 0 Å². The van der Waals surface area contributed by atoms with Gasteiger partial charge in [0.05, 0.1) is 32.3 Å². The molecule has 0 atom stereocenters. The highest BCUT2D eigenvalue weighted by Gasteiger charge is 2.17. The molecule has 0 unspecified atom stereocenters. The largest absolute Gasteiger partial charge is 0.543 e. The van der Waals surface area contributed by atoms with Gasteiger partial charge in [0, 0.05) is 26.2 Å². The predicted molar refractivity (Wildman–Crippen MR) is 67.2 cm³/mol. The maximum absolute atomic E-state index is 11.9. The minimum Gasteiger partial charge on any atom is -0.543 e. The summed E-state index contributed by atoms with van der Waals surface area (Å²) in [6, 6.07) is 1.09. The molecule has 0 amide bonds. The second-order valence-electron chi connectivity index (χ2n) is 4.67. The summed E-state index contributed by atoms with van der Waals surface area (Å²) >= 11 is 0. The Labute approximate surface area is 112 Å². The fourth-order valence-corrected chi connectivity index (χ4v) is 2.76. The number of quaternary nitrogens is 1. The van der Waals surface area contributed by atoms with Gasteiger partial charge < -0.3 is 19.4 Å². The highest BCUT2D eigenvalue weighted by Crippen LogP contribution is 2.12. The standard InChI is InChI=1S/C11H19N3O4S/c1-13(2)6-4-5-12-19(17,18)9-7-10(11(15)16)14(3)8-9/h7-8,12H,4-6H2,1-3H3,(H,15,16). The topological polar surface area (TPSA) is 95.7 Å². The van der Waals surface area contributed by atoms with Crippen molar-refractivity contribution in [2.24, 2.45) is 7.05 Å². The first kappa shape index (κ1) is 15.7. The Bertz CT molecular complexity index is 548. The number of sulfonamides is 1. The van der Waals surface area contributed by atoms with Gasteiger partial charge in [-0.2, -0.15) is 0 Å². The van der Waals surface area contributed by atoms with E-state index in [1.54, 1.807) is 0 Å². The van der Waals surface area contributed by atoms with Crippen molar-refractivity contribution in [1.29, 1.82) is 0 Å². The number of nitrogens with one attached hydrogen (secondary N) is 2. The van der Waals surface area contributed by atoms with Crippen LogP contribution in [-0.2, 0) is 17.1 Å². The van der Waals surface area contributed by atoms with E-state index in [0.29, 0.717) is 13.0 Å². The third-order valence-electron chi connectivity index (χ3n) is 2.64. The van der Waals surface area contributed by atoms with Crippen LogP contribution < -0.4 is 14.7 Å². The number of aromatic carboxylic acids is 1. The average Bonchev–Trinajstić information content (AvgIpc) is 2.67. The zero-order valence-electron chi connectivity index (χ0n) is 11.3. The Balaban J connectivity index is 2.72. The first-order chi connectivity index (χ1) is 8.74. The van der Waals surface area contributed by atoms with Gasteiger partial charge in [-0.15, -0.1) is 0 Å². The molecule has 19 heavy (non-hydrogen) atoms. The van der Waals surface area contributed by atoms with Crippen molar-refractivity contribution in [3.63, 3.8) is 0 Å². The molecule has 0 radical (unpaired) electrons. The summed E-state index contributed by atoms with van der Waals surface area (Å²) in [5, 5.41) is 10.7. The number of carboxylic acid groups (broad SMARTS) is 1. The lowest BCUT2D eigenvalue weighted by Crippen LogP contribution is -3.05. The van der Waals surface area contributed by atoms with Crippen molar-refractivity contribution in [1.82, 2.24) is 9.29 Å². The van der Waals surface area contributed by atoms with E-state index in [-0.39, 0.29) is 10.6 Å². The number of aromatic nitrogens is 1. The molecular weight excluding hydrogens is 270 g/mol. The number of rotatable bonds is 7. The fourth-order valence-electron chi connectivity index (χ4n) is 1.62. The van der Waals surface area contributed by atoms with Crippen molar-refractivity contribution in [2.75, 3.05) is 27.2 Å². The van der Waals surface area contributed by atoms with E-state index < -0.39 is 16.0 Å². The van der Waals surface area contributed by atoms with Crippen LogP contribution in [0.3, 0.4) is 0 Å². The smallest absolute Gasteiger partial charge is 0.242 e. The SMILES string of the molecule is Cn1cc(S(=O)(=O)NCCC[NH+](C)C)cc1C(=O)[O-]. The molecule has 0 aliphatic carbocycles. The van der Waals surface area contributed by atoms with Gasteiger partial charge in [0.1, 0.15) is 4.90 Å². The van der Waals surface area contributed by atoms with Crippen LogP contribution in [0.2, 0.25) is 0 Å². The summed E-state index contributed by atoms with van der Waals surface area (Å²) < 4.78 is 27.5. The summed E-state index contributed by atoms with van der Waals surface area (Å²) in [5.41, 5.74) is -0.168. The van der Waals surface area contributed by atoms with Crippen LogP contribution in [0.5, 0.6) is 0 Å². The maximum Gasteiger partial charge on any atom is 0.242 e. The van der Waals surface area contributed by atoms with Gasteiger partial charge in [-0.1, -0.05) is 0 Å². The number of carbonyl (C=O) groups is 1. The van der Waals surface area contributed by atoms with E-state index in [9.17, 15) is 18.3 Å². The molecule has 108 valence electrons. The highest BCUT2D eigenvalue weighted by molar-refractivity contribution is 7.89. The molecule has 2 N–H and O–H groups in total. The lowest BCUT2D eigenvalue weighted by atomic mass is 10.4. The van der Waals surface area contributed by atoms with Crippen molar-refractivity contribution >= 4 is 16.0 Å². The van der Waals surface area contributed by atoms with Crippen LogP contribution in [0.1, 0.15) is 16.9 Å². The van der Waals surface area contributed by atoms with Crippen molar-refractivity contribution < 1.29 is 23.2 Å². The molecule has 8 heteroatoms. The van der Waals surface area contributed by atoms with Crippen LogP contribution in [0.15, 0.2) is 17.2 Å². The van der Waals surface area contributed by atoms with E-state index in [0.717, 1.165) is 12.6 Å². The zero-order chi connectivity index (χ0) is 14.6. The summed E-state index contributed by atoms with van der Waals surface area (Å²) in [7, 11) is 1.76. The van der Waals surface area contributed by atoms with E-state index >= 15 is 0 Å². The Kier molecular flexibility index (Phi) is 5.10. The van der Waals surface area contributed by atoms with Crippen LogP contribution >= 0.6 is 0 Å². The Hall–Kier alpha value is -1.38. The molecule has 0 bridgehead atoms. The number of carboxylic acids is 1. The van der Waals surface area contributed by atoms with Crippen LogP contribution in [0.25, 0.3) is 0 Å².